The normalized spacial score (nSPS) is 11.1. The fourth-order valence-electron chi connectivity index (χ4n) is 2.60. The lowest BCUT2D eigenvalue weighted by Gasteiger charge is -2.34. The predicted octanol–water partition coefficient (Wildman–Crippen LogP) is -0.325. The average molecular weight is 553 g/mol. The molecule has 17 nitrogen and oxygen atoms in total. The van der Waals surface area contributed by atoms with Crippen LogP contribution in [-0.2, 0) is 47.6 Å². The van der Waals surface area contributed by atoms with Crippen LogP contribution in [0.2, 0.25) is 0 Å². The molecule has 38 heavy (non-hydrogen) atoms. The number of amides is 1. The first-order valence-corrected chi connectivity index (χ1v) is 11.6. The van der Waals surface area contributed by atoms with Crippen molar-refractivity contribution in [1.82, 2.24) is 5.32 Å². The molecule has 1 amide bonds. The van der Waals surface area contributed by atoms with Gasteiger partial charge in [-0.3, -0.25) is 19.2 Å². The van der Waals surface area contributed by atoms with Crippen LogP contribution in [0.15, 0.2) is 5.11 Å². The van der Waals surface area contributed by atoms with Crippen LogP contribution in [0.25, 0.3) is 10.4 Å². The molecule has 0 aliphatic carbocycles. The van der Waals surface area contributed by atoms with Crippen LogP contribution in [-0.4, -0.2) is 131 Å². The zero-order chi connectivity index (χ0) is 28.5. The van der Waals surface area contributed by atoms with Gasteiger partial charge in [0.15, 0.2) is 0 Å². The first-order chi connectivity index (χ1) is 18.2. The van der Waals surface area contributed by atoms with Crippen LogP contribution in [0.4, 0.5) is 0 Å². The van der Waals surface area contributed by atoms with E-state index in [2.05, 4.69) is 15.3 Å². The Balaban J connectivity index is 4.80. The summed E-state index contributed by atoms with van der Waals surface area (Å²) in [4.78, 5) is 47.5. The number of carbonyl (C=O) groups is 4. The van der Waals surface area contributed by atoms with Crippen LogP contribution >= 0.6 is 0 Å². The molecule has 0 saturated carbocycles. The van der Waals surface area contributed by atoms with Gasteiger partial charge in [0, 0.05) is 11.5 Å². The number of hydrogen-bond donors (Lipinski definition) is 4. The highest BCUT2D eigenvalue weighted by atomic mass is 16.5. The quantitative estimate of drug-likeness (QED) is 0.0442. The van der Waals surface area contributed by atoms with E-state index in [1.165, 1.54) is 0 Å². The molecule has 0 aromatic carbocycles. The van der Waals surface area contributed by atoms with Crippen LogP contribution < -0.4 is 5.32 Å². The predicted molar refractivity (Wildman–Crippen MR) is 127 cm³/mol. The van der Waals surface area contributed by atoms with Crippen molar-refractivity contribution in [2.24, 2.45) is 5.11 Å². The van der Waals surface area contributed by atoms with Crippen LogP contribution in [0, 0.1) is 0 Å². The monoisotopic (exact) mass is 552 g/mol. The summed E-state index contributed by atoms with van der Waals surface area (Å²) in [6.45, 7) is -0.389. The molecule has 0 unspecified atom stereocenters. The molecule has 0 radical (unpaired) electrons. The highest BCUT2D eigenvalue weighted by molar-refractivity contribution is 5.78. The number of carboxylic acid groups (broad SMARTS) is 3. The second kappa shape index (κ2) is 23.1. The van der Waals surface area contributed by atoms with Gasteiger partial charge >= 0.3 is 17.9 Å². The number of ether oxygens (including phenoxy) is 6. The Morgan fingerprint density at radius 2 is 1.08 bits per heavy atom. The summed E-state index contributed by atoms with van der Waals surface area (Å²) < 4.78 is 31.9. The minimum atomic E-state index is -1.38. The zero-order valence-electron chi connectivity index (χ0n) is 21.1. The standard InChI is InChI=1S/C21H36N4O13/c22-25-23-4-8-33-9-10-34-11-12-35-13-17(26)24-21(14-36-5-1-18(27)28,15-37-6-2-19(29)30)16-38-7-3-20(31)32/h1-16H2,(H,24,26)(H,27,28)(H,29,30)(H,31,32). The average Bonchev–Trinajstić information content (AvgIpc) is 2.85. The highest BCUT2D eigenvalue weighted by Gasteiger charge is 2.34. The number of hydrogen-bond acceptors (Lipinski definition) is 11. The number of carbonyl (C=O) groups excluding carboxylic acids is 1. The van der Waals surface area contributed by atoms with Gasteiger partial charge in [-0.15, -0.1) is 0 Å². The largest absolute Gasteiger partial charge is 0.481 e. The third-order valence-electron chi connectivity index (χ3n) is 4.30. The van der Waals surface area contributed by atoms with Crippen molar-refractivity contribution in [2.75, 3.05) is 85.8 Å². The van der Waals surface area contributed by atoms with Crippen LogP contribution in [0.1, 0.15) is 19.3 Å². The van der Waals surface area contributed by atoms with Crippen molar-refractivity contribution < 1.29 is 62.9 Å². The fraction of sp³-hybridized carbons (Fsp3) is 0.810. The van der Waals surface area contributed by atoms with Gasteiger partial charge in [-0.25, -0.2) is 0 Å². The summed E-state index contributed by atoms with van der Waals surface area (Å²) in [5.74, 6) is -3.88. The molecule has 0 heterocycles. The molecular formula is C21H36N4O13. The van der Waals surface area contributed by atoms with Crippen molar-refractivity contribution in [3.05, 3.63) is 10.4 Å². The number of rotatable bonds is 27. The molecule has 0 bridgehead atoms. The van der Waals surface area contributed by atoms with Crippen molar-refractivity contribution in [3.8, 4) is 0 Å². The van der Waals surface area contributed by atoms with Gasteiger partial charge in [-0.2, -0.15) is 0 Å². The van der Waals surface area contributed by atoms with E-state index in [1.54, 1.807) is 0 Å². The number of azide groups is 1. The fourth-order valence-corrected chi connectivity index (χ4v) is 2.60. The van der Waals surface area contributed by atoms with Crippen molar-refractivity contribution >= 4 is 23.8 Å². The van der Waals surface area contributed by atoms with Crippen molar-refractivity contribution in [2.45, 2.75) is 24.8 Å². The third kappa shape index (κ3) is 22.2. The Kier molecular flexibility index (Phi) is 21.2. The maximum absolute atomic E-state index is 12.6. The van der Waals surface area contributed by atoms with Gasteiger partial charge in [0.1, 0.15) is 12.1 Å². The lowest BCUT2D eigenvalue weighted by Crippen LogP contribution is -2.59. The molecule has 0 rings (SSSR count). The molecule has 0 aliphatic heterocycles. The molecule has 0 aromatic rings. The Morgan fingerprint density at radius 1 is 0.658 bits per heavy atom. The molecule has 0 aliphatic rings. The molecule has 0 spiro atoms. The Bertz CT molecular complexity index is 692. The summed E-state index contributed by atoms with van der Waals surface area (Å²) in [6.07, 6.45) is -0.900. The first-order valence-electron chi connectivity index (χ1n) is 11.6. The summed E-state index contributed by atoms with van der Waals surface area (Å²) in [6, 6.07) is 0. The van der Waals surface area contributed by atoms with Gasteiger partial charge < -0.3 is 49.1 Å². The highest BCUT2D eigenvalue weighted by Crippen LogP contribution is 2.10. The van der Waals surface area contributed by atoms with E-state index in [9.17, 15) is 19.2 Å². The van der Waals surface area contributed by atoms with E-state index in [0.717, 1.165) is 0 Å². The minimum Gasteiger partial charge on any atom is -0.481 e. The maximum atomic E-state index is 12.6. The lowest BCUT2D eigenvalue weighted by atomic mass is 10.0. The molecular weight excluding hydrogens is 516 g/mol. The van der Waals surface area contributed by atoms with Gasteiger partial charge in [-0.1, -0.05) is 5.11 Å². The van der Waals surface area contributed by atoms with Gasteiger partial charge in [0.05, 0.1) is 91.9 Å². The van der Waals surface area contributed by atoms with E-state index >= 15 is 0 Å². The van der Waals surface area contributed by atoms with E-state index in [-0.39, 0.29) is 105 Å². The van der Waals surface area contributed by atoms with Crippen molar-refractivity contribution in [3.63, 3.8) is 0 Å². The van der Waals surface area contributed by atoms with E-state index in [0.29, 0.717) is 0 Å². The smallest absolute Gasteiger partial charge is 0.305 e. The second-order valence-electron chi connectivity index (χ2n) is 7.65. The second-order valence-corrected chi connectivity index (χ2v) is 7.65. The molecule has 4 N–H and O–H groups in total. The molecule has 0 fully saturated rings. The van der Waals surface area contributed by atoms with Crippen LogP contribution in [0.3, 0.4) is 0 Å². The molecule has 17 heteroatoms. The molecule has 0 atom stereocenters. The molecule has 0 aromatic heterocycles. The number of nitrogens with zero attached hydrogens (tertiary/aromatic N) is 3. The van der Waals surface area contributed by atoms with E-state index in [1.807, 2.05) is 0 Å². The Morgan fingerprint density at radius 3 is 1.50 bits per heavy atom. The number of aliphatic carboxylic acids is 3. The number of carboxylic acids is 3. The van der Waals surface area contributed by atoms with E-state index < -0.39 is 29.4 Å². The molecule has 218 valence electrons. The summed E-state index contributed by atoms with van der Waals surface area (Å²) in [7, 11) is 0. The summed E-state index contributed by atoms with van der Waals surface area (Å²) >= 11 is 0. The minimum absolute atomic E-state index is 0.0818. The van der Waals surface area contributed by atoms with Gasteiger partial charge in [0.2, 0.25) is 5.91 Å². The van der Waals surface area contributed by atoms with Gasteiger partial charge in [0.25, 0.3) is 0 Å². The van der Waals surface area contributed by atoms with Crippen LogP contribution in [0.5, 0.6) is 0 Å². The maximum Gasteiger partial charge on any atom is 0.305 e. The Labute approximate surface area is 218 Å². The topological polar surface area (TPSA) is 245 Å². The summed E-state index contributed by atoms with van der Waals surface area (Å²) in [5, 5.41) is 32.4. The van der Waals surface area contributed by atoms with Crippen molar-refractivity contribution in [1.29, 1.82) is 0 Å². The Hall–Kier alpha value is -3.05. The molecule has 0 saturated heterocycles. The summed E-state index contributed by atoms with van der Waals surface area (Å²) in [5.41, 5.74) is 6.77. The third-order valence-corrected chi connectivity index (χ3v) is 4.30. The lowest BCUT2D eigenvalue weighted by molar-refractivity contribution is -0.141. The first kappa shape index (κ1) is 35.0. The SMILES string of the molecule is [N-]=[N+]=NCCOCCOCCOCC(=O)NC(COCCC(=O)O)(COCCC(=O)O)COCCC(=O)O. The number of nitrogens with one attached hydrogen (secondary N) is 1. The van der Waals surface area contributed by atoms with Gasteiger partial charge in [-0.05, 0) is 5.53 Å². The van der Waals surface area contributed by atoms with E-state index in [4.69, 9.17) is 49.3 Å². The zero-order valence-corrected chi connectivity index (χ0v) is 21.1.